The number of hydrogen-bond acceptors (Lipinski definition) is 6. The van der Waals surface area contributed by atoms with Crippen molar-refractivity contribution < 1.29 is 4.42 Å². The van der Waals surface area contributed by atoms with Crippen LogP contribution >= 0.6 is 0 Å². The van der Waals surface area contributed by atoms with Crippen LogP contribution in [0, 0.1) is 5.92 Å². The number of nitrogens with zero attached hydrogens (tertiary/aromatic N) is 6. The van der Waals surface area contributed by atoms with Crippen LogP contribution in [0.15, 0.2) is 41.2 Å². The largest absolute Gasteiger partial charge is 0.408 e. The van der Waals surface area contributed by atoms with Gasteiger partial charge in [0.2, 0.25) is 5.89 Å². The minimum absolute atomic E-state index is 0.146. The van der Waals surface area contributed by atoms with Crippen molar-refractivity contribution in [2.75, 3.05) is 11.4 Å². The fourth-order valence-electron chi connectivity index (χ4n) is 4.26. The zero-order valence-electron chi connectivity index (χ0n) is 15.5. The van der Waals surface area contributed by atoms with Crippen LogP contribution in [-0.4, -0.2) is 36.3 Å². The van der Waals surface area contributed by atoms with Gasteiger partial charge in [-0.2, -0.15) is 5.10 Å². The van der Waals surface area contributed by atoms with Crippen molar-refractivity contribution in [1.82, 2.24) is 29.8 Å². The van der Waals surface area contributed by atoms with Crippen LogP contribution in [0.5, 0.6) is 0 Å². The van der Waals surface area contributed by atoms with Gasteiger partial charge >= 0.3 is 6.01 Å². The summed E-state index contributed by atoms with van der Waals surface area (Å²) in [6.07, 6.45) is 9.31. The van der Waals surface area contributed by atoms with Crippen molar-refractivity contribution in [3.8, 4) is 0 Å². The van der Waals surface area contributed by atoms with Gasteiger partial charge in [0.15, 0.2) is 0 Å². The second kappa shape index (κ2) is 6.19. The Morgan fingerprint density at radius 3 is 3.04 bits per heavy atom. The molecule has 28 heavy (non-hydrogen) atoms. The summed E-state index contributed by atoms with van der Waals surface area (Å²) < 4.78 is 7.97. The second-order valence-corrected chi connectivity index (χ2v) is 7.73. The van der Waals surface area contributed by atoms with Crippen molar-refractivity contribution in [3.05, 3.63) is 59.8 Å². The van der Waals surface area contributed by atoms with Crippen LogP contribution in [0.2, 0.25) is 0 Å². The van der Waals surface area contributed by atoms with Gasteiger partial charge in [0.25, 0.3) is 0 Å². The zero-order valence-corrected chi connectivity index (χ0v) is 15.5. The normalized spacial score (nSPS) is 19.7. The first-order valence-corrected chi connectivity index (χ1v) is 9.90. The molecule has 1 aliphatic carbocycles. The maximum absolute atomic E-state index is 6.08. The highest BCUT2D eigenvalue weighted by atomic mass is 16.4. The maximum Gasteiger partial charge on any atom is 0.319 e. The molecule has 0 bridgehead atoms. The Bertz CT molecular complexity index is 1090. The molecule has 0 radical (unpaired) electrons. The summed E-state index contributed by atoms with van der Waals surface area (Å²) in [6.45, 7) is 0.777. The van der Waals surface area contributed by atoms with Crippen LogP contribution < -0.4 is 4.90 Å². The van der Waals surface area contributed by atoms with E-state index in [1.54, 1.807) is 6.33 Å². The zero-order chi connectivity index (χ0) is 18.5. The first-order chi connectivity index (χ1) is 13.8. The van der Waals surface area contributed by atoms with E-state index in [0.717, 1.165) is 47.9 Å². The van der Waals surface area contributed by atoms with Crippen molar-refractivity contribution >= 4 is 11.5 Å². The molecular weight excluding hydrogens is 354 g/mol. The molecule has 142 valence electrons. The predicted octanol–water partition coefficient (Wildman–Crippen LogP) is 2.94. The Morgan fingerprint density at radius 2 is 2.18 bits per heavy atom. The van der Waals surface area contributed by atoms with Crippen LogP contribution in [0.4, 0.5) is 6.01 Å². The Balaban J connectivity index is 1.40. The smallest absolute Gasteiger partial charge is 0.319 e. The molecule has 1 N–H and O–H groups in total. The number of fused-ring (bicyclic) bond motifs is 2. The fourth-order valence-corrected chi connectivity index (χ4v) is 4.26. The first-order valence-electron chi connectivity index (χ1n) is 9.90. The molecule has 5 heterocycles. The summed E-state index contributed by atoms with van der Waals surface area (Å²) in [6, 6.07) is 8.57. The van der Waals surface area contributed by atoms with Gasteiger partial charge in [-0.3, -0.25) is 0 Å². The molecule has 1 atom stereocenters. The molecule has 8 heteroatoms. The van der Waals surface area contributed by atoms with E-state index in [-0.39, 0.29) is 6.04 Å². The number of aromatic nitrogens is 6. The third-order valence-electron chi connectivity index (χ3n) is 5.98. The summed E-state index contributed by atoms with van der Waals surface area (Å²) in [5.74, 6) is 1.43. The van der Waals surface area contributed by atoms with Crippen LogP contribution in [0.25, 0.3) is 5.52 Å². The Labute approximate surface area is 161 Å². The first kappa shape index (κ1) is 15.9. The number of aromatic amines is 1. The topological polar surface area (TPSA) is 88.1 Å². The lowest BCUT2D eigenvalue weighted by molar-refractivity contribution is 0.290. The van der Waals surface area contributed by atoms with Gasteiger partial charge in [-0.1, -0.05) is 17.6 Å². The summed E-state index contributed by atoms with van der Waals surface area (Å²) in [5, 5.41) is 13.5. The molecule has 1 unspecified atom stereocenters. The van der Waals surface area contributed by atoms with E-state index in [1.807, 2.05) is 22.8 Å². The number of anilines is 1. The van der Waals surface area contributed by atoms with Gasteiger partial charge < -0.3 is 14.3 Å². The maximum atomic E-state index is 6.08. The van der Waals surface area contributed by atoms with E-state index >= 15 is 0 Å². The summed E-state index contributed by atoms with van der Waals surface area (Å²) >= 11 is 0. The molecule has 0 aromatic carbocycles. The number of rotatable bonds is 4. The van der Waals surface area contributed by atoms with E-state index in [2.05, 4.69) is 37.2 Å². The lowest BCUT2D eigenvalue weighted by Crippen LogP contribution is -2.37. The summed E-state index contributed by atoms with van der Waals surface area (Å²) in [5.41, 5.74) is 4.11. The minimum atomic E-state index is -0.146. The van der Waals surface area contributed by atoms with Gasteiger partial charge in [-0.15, -0.1) is 5.10 Å². The molecule has 4 aromatic heterocycles. The molecular formula is C20H21N7O. The molecule has 1 saturated carbocycles. The van der Waals surface area contributed by atoms with Crippen molar-refractivity contribution in [3.63, 3.8) is 0 Å². The molecule has 6 rings (SSSR count). The van der Waals surface area contributed by atoms with Gasteiger partial charge in [0, 0.05) is 31.3 Å². The standard InChI is InChI=1S/C20H21N7O/c1-2-8-27-14(6-1)11-16(25-27)19-18-15(21-12-22-18)7-9-26(19)20-24-23-17(28-20)10-13-4-3-5-13/h1-2,6,8,11-13,19H,3-5,7,9-10H2,(H,21,22). The van der Waals surface area contributed by atoms with Gasteiger partial charge in [-0.05, 0) is 37.0 Å². The van der Waals surface area contributed by atoms with E-state index in [9.17, 15) is 0 Å². The molecule has 0 amide bonds. The SMILES string of the molecule is c1ccn2nc(C3c4nc[nH]c4CCN3c3nnc(CC4CCC4)o3)cc2c1. The number of imidazole rings is 1. The van der Waals surface area contributed by atoms with Crippen molar-refractivity contribution in [2.24, 2.45) is 5.92 Å². The monoisotopic (exact) mass is 375 g/mol. The minimum Gasteiger partial charge on any atom is -0.408 e. The van der Waals surface area contributed by atoms with Gasteiger partial charge in [0.05, 0.1) is 23.2 Å². The fraction of sp³-hybridized carbons (Fsp3) is 0.400. The third kappa shape index (κ3) is 2.51. The van der Waals surface area contributed by atoms with E-state index in [4.69, 9.17) is 9.52 Å². The molecule has 0 saturated heterocycles. The van der Waals surface area contributed by atoms with Gasteiger partial charge in [0.1, 0.15) is 6.04 Å². The van der Waals surface area contributed by atoms with Crippen molar-refractivity contribution in [1.29, 1.82) is 0 Å². The highest BCUT2D eigenvalue weighted by Gasteiger charge is 2.36. The lowest BCUT2D eigenvalue weighted by atomic mass is 9.83. The number of H-pyrrole nitrogens is 1. The predicted molar refractivity (Wildman–Crippen MR) is 102 cm³/mol. The van der Waals surface area contributed by atoms with Crippen LogP contribution in [-0.2, 0) is 12.8 Å². The number of pyridine rings is 1. The Kier molecular flexibility index (Phi) is 3.50. The van der Waals surface area contributed by atoms with E-state index in [0.29, 0.717) is 11.9 Å². The highest BCUT2D eigenvalue weighted by molar-refractivity contribution is 5.51. The summed E-state index contributed by atoms with van der Waals surface area (Å²) in [7, 11) is 0. The van der Waals surface area contributed by atoms with Gasteiger partial charge in [-0.25, -0.2) is 9.50 Å². The average Bonchev–Trinajstić information content (AvgIpc) is 3.42. The number of nitrogens with one attached hydrogen (secondary N) is 1. The lowest BCUT2D eigenvalue weighted by Gasteiger charge is -2.32. The quantitative estimate of drug-likeness (QED) is 0.590. The van der Waals surface area contributed by atoms with E-state index < -0.39 is 0 Å². The van der Waals surface area contributed by atoms with Crippen molar-refractivity contribution in [2.45, 2.75) is 38.1 Å². The second-order valence-electron chi connectivity index (χ2n) is 7.73. The molecule has 2 aliphatic rings. The summed E-state index contributed by atoms with van der Waals surface area (Å²) in [4.78, 5) is 10.0. The molecule has 8 nitrogen and oxygen atoms in total. The molecule has 4 aromatic rings. The van der Waals surface area contributed by atoms with E-state index in [1.165, 1.54) is 19.3 Å². The Hall–Kier alpha value is -3.16. The van der Waals surface area contributed by atoms with Crippen LogP contribution in [0.1, 0.15) is 48.3 Å². The molecule has 1 aliphatic heterocycles. The highest BCUT2D eigenvalue weighted by Crippen LogP contribution is 2.37. The van der Waals surface area contributed by atoms with Crippen LogP contribution in [0.3, 0.4) is 0 Å². The molecule has 0 spiro atoms. The average molecular weight is 375 g/mol. The Morgan fingerprint density at radius 1 is 1.21 bits per heavy atom. The third-order valence-corrected chi connectivity index (χ3v) is 5.98. The molecule has 1 fully saturated rings. The number of hydrogen-bond donors (Lipinski definition) is 1.